The van der Waals surface area contributed by atoms with Gasteiger partial charge in [0.15, 0.2) is 11.0 Å². The third-order valence-corrected chi connectivity index (χ3v) is 6.01. The average molecular weight is 451 g/mol. The Labute approximate surface area is 192 Å². The van der Waals surface area contributed by atoms with Gasteiger partial charge in [-0.25, -0.2) is 0 Å². The minimum absolute atomic E-state index is 0.0221. The van der Waals surface area contributed by atoms with Gasteiger partial charge in [0, 0.05) is 23.6 Å². The van der Waals surface area contributed by atoms with Crippen LogP contribution < -0.4 is 10.1 Å². The van der Waals surface area contributed by atoms with Crippen LogP contribution in [0.4, 0.5) is 0 Å². The van der Waals surface area contributed by atoms with Gasteiger partial charge in [-0.2, -0.15) is 5.26 Å². The van der Waals surface area contributed by atoms with E-state index in [9.17, 15) is 10.1 Å². The van der Waals surface area contributed by atoms with Crippen LogP contribution in [0.1, 0.15) is 27.7 Å². The first kappa shape index (κ1) is 23.3. The van der Waals surface area contributed by atoms with E-state index in [1.807, 2.05) is 61.7 Å². The summed E-state index contributed by atoms with van der Waals surface area (Å²) in [6.45, 7) is 8.05. The van der Waals surface area contributed by atoms with Crippen molar-refractivity contribution < 1.29 is 9.53 Å². The SMILES string of the molecule is CCOc1ccc(-n2c(SCC(=O)N[C@](C)(C#N)C(C)C)nnc2-c2cccnc2)cc1. The largest absolute Gasteiger partial charge is 0.494 e. The second-order valence-electron chi connectivity index (χ2n) is 7.62. The molecule has 0 aliphatic heterocycles. The molecule has 32 heavy (non-hydrogen) atoms. The first-order valence-electron chi connectivity index (χ1n) is 10.3. The maximum Gasteiger partial charge on any atom is 0.231 e. The van der Waals surface area contributed by atoms with Crippen molar-refractivity contribution in [3.63, 3.8) is 0 Å². The quantitative estimate of drug-likeness (QED) is 0.493. The molecule has 1 aromatic carbocycles. The minimum Gasteiger partial charge on any atom is -0.494 e. The summed E-state index contributed by atoms with van der Waals surface area (Å²) in [5.74, 6) is 1.23. The van der Waals surface area contributed by atoms with Crippen molar-refractivity contribution in [3.05, 3.63) is 48.8 Å². The normalized spacial score (nSPS) is 12.8. The van der Waals surface area contributed by atoms with Crippen LogP contribution in [-0.2, 0) is 4.79 Å². The van der Waals surface area contributed by atoms with E-state index in [4.69, 9.17) is 4.74 Å². The second kappa shape index (κ2) is 10.3. The Morgan fingerprint density at radius 3 is 2.62 bits per heavy atom. The van der Waals surface area contributed by atoms with Gasteiger partial charge in [0.05, 0.1) is 18.4 Å². The maximum absolute atomic E-state index is 12.6. The number of carbonyl (C=O) groups excluding carboxylic acids is 1. The van der Waals surface area contributed by atoms with Crippen molar-refractivity contribution in [2.45, 2.75) is 38.4 Å². The number of ether oxygens (including phenoxy) is 1. The van der Waals surface area contributed by atoms with Crippen LogP contribution in [0.15, 0.2) is 53.9 Å². The third kappa shape index (κ3) is 5.26. The van der Waals surface area contributed by atoms with Crippen molar-refractivity contribution in [1.82, 2.24) is 25.1 Å². The standard InChI is InChI=1S/C23H26N6O2S/c1-5-31-19-10-8-18(9-11-19)29-21(17-7-6-12-25-13-17)27-28-22(29)32-14-20(30)26-23(4,15-24)16(2)3/h6-13,16H,5,14H2,1-4H3,(H,26,30)/t23-/m1/s1. The van der Waals surface area contributed by atoms with E-state index in [1.54, 1.807) is 19.3 Å². The van der Waals surface area contributed by atoms with Crippen molar-refractivity contribution >= 4 is 17.7 Å². The Morgan fingerprint density at radius 2 is 2.03 bits per heavy atom. The van der Waals surface area contributed by atoms with Gasteiger partial charge in [0.2, 0.25) is 5.91 Å². The van der Waals surface area contributed by atoms with Gasteiger partial charge in [-0.1, -0.05) is 25.6 Å². The molecule has 2 heterocycles. The summed E-state index contributed by atoms with van der Waals surface area (Å²) in [5.41, 5.74) is 0.715. The number of hydrogen-bond acceptors (Lipinski definition) is 7. The number of rotatable bonds is 9. The van der Waals surface area contributed by atoms with Crippen molar-refractivity contribution in [3.8, 4) is 28.9 Å². The molecule has 0 unspecified atom stereocenters. The topological polar surface area (TPSA) is 106 Å². The molecule has 3 aromatic rings. The van der Waals surface area contributed by atoms with Gasteiger partial charge in [-0.05, 0) is 56.2 Å². The van der Waals surface area contributed by atoms with Crippen molar-refractivity contribution in [1.29, 1.82) is 5.26 Å². The first-order chi connectivity index (χ1) is 15.4. The van der Waals surface area contributed by atoms with Gasteiger partial charge in [-0.3, -0.25) is 14.3 Å². The molecule has 2 aromatic heterocycles. The fraction of sp³-hybridized carbons (Fsp3) is 0.348. The zero-order valence-electron chi connectivity index (χ0n) is 18.6. The monoisotopic (exact) mass is 450 g/mol. The lowest BCUT2D eigenvalue weighted by atomic mass is 9.90. The lowest BCUT2D eigenvalue weighted by molar-refractivity contribution is -0.120. The molecule has 0 fully saturated rings. The highest BCUT2D eigenvalue weighted by molar-refractivity contribution is 7.99. The van der Waals surface area contributed by atoms with Crippen molar-refractivity contribution in [2.24, 2.45) is 5.92 Å². The summed E-state index contributed by atoms with van der Waals surface area (Å²) < 4.78 is 7.43. The highest BCUT2D eigenvalue weighted by Crippen LogP contribution is 2.28. The van der Waals surface area contributed by atoms with Gasteiger partial charge in [-0.15, -0.1) is 10.2 Å². The molecule has 0 aliphatic rings. The molecule has 0 bridgehead atoms. The Morgan fingerprint density at radius 1 is 1.28 bits per heavy atom. The Balaban J connectivity index is 1.89. The molecular formula is C23H26N6O2S. The van der Waals surface area contributed by atoms with Crippen LogP contribution in [0.5, 0.6) is 5.75 Å². The van der Waals surface area contributed by atoms with Crippen LogP contribution >= 0.6 is 11.8 Å². The maximum atomic E-state index is 12.6. The highest BCUT2D eigenvalue weighted by Gasteiger charge is 2.30. The Hall–Kier alpha value is -3.38. The van der Waals surface area contributed by atoms with Crippen LogP contribution in [0, 0.1) is 17.2 Å². The Kier molecular flexibility index (Phi) is 7.49. The third-order valence-electron chi connectivity index (χ3n) is 5.08. The van der Waals surface area contributed by atoms with Crippen LogP contribution in [0.25, 0.3) is 17.1 Å². The van der Waals surface area contributed by atoms with E-state index in [1.165, 1.54) is 11.8 Å². The Bertz CT molecular complexity index is 1090. The number of benzene rings is 1. The summed E-state index contributed by atoms with van der Waals surface area (Å²) in [4.78, 5) is 16.8. The molecule has 3 rings (SSSR count). The summed E-state index contributed by atoms with van der Waals surface area (Å²) in [7, 11) is 0. The van der Waals surface area contributed by atoms with E-state index in [0.29, 0.717) is 17.6 Å². The average Bonchev–Trinajstić information content (AvgIpc) is 3.23. The number of thioether (sulfide) groups is 1. The predicted octanol–water partition coefficient (Wildman–Crippen LogP) is 3.87. The summed E-state index contributed by atoms with van der Waals surface area (Å²) in [6.07, 6.45) is 3.42. The molecule has 1 atom stereocenters. The predicted molar refractivity (Wildman–Crippen MR) is 123 cm³/mol. The zero-order valence-corrected chi connectivity index (χ0v) is 19.4. The number of aromatic nitrogens is 4. The zero-order chi connectivity index (χ0) is 23.1. The van der Waals surface area contributed by atoms with Crippen LogP contribution in [-0.4, -0.2) is 43.6 Å². The fourth-order valence-electron chi connectivity index (χ4n) is 2.89. The van der Waals surface area contributed by atoms with Crippen molar-refractivity contribution in [2.75, 3.05) is 12.4 Å². The van der Waals surface area contributed by atoms with Crippen LogP contribution in [0.2, 0.25) is 0 Å². The number of nitrogens with one attached hydrogen (secondary N) is 1. The van der Waals surface area contributed by atoms with Gasteiger partial charge < -0.3 is 10.1 Å². The number of nitrogens with zero attached hydrogens (tertiary/aromatic N) is 5. The minimum atomic E-state index is -0.929. The molecule has 0 saturated heterocycles. The second-order valence-corrected chi connectivity index (χ2v) is 8.56. The van der Waals surface area contributed by atoms with Gasteiger partial charge in [0.1, 0.15) is 11.3 Å². The van der Waals surface area contributed by atoms with Crippen LogP contribution in [0.3, 0.4) is 0 Å². The lowest BCUT2D eigenvalue weighted by Crippen LogP contribution is -2.49. The molecule has 1 N–H and O–H groups in total. The number of amides is 1. The number of nitriles is 1. The van der Waals surface area contributed by atoms with Gasteiger partial charge >= 0.3 is 0 Å². The number of pyridine rings is 1. The molecular weight excluding hydrogens is 424 g/mol. The van der Waals surface area contributed by atoms with Gasteiger partial charge in [0.25, 0.3) is 0 Å². The number of carbonyl (C=O) groups is 1. The summed E-state index contributed by atoms with van der Waals surface area (Å²) in [6, 6.07) is 13.5. The van der Waals surface area contributed by atoms with E-state index in [0.717, 1.165) is 17.0 Å². The molecule has 1 amide bonds. The molecule has 0 saturated carbocycles. The van der Waals surface area contributed by atoms with E-state index in [2.05, 4.69) is 26.6 Å². The van der Waals surface area contributed by atoms with E-state index >= 15 is 0 Å². The molecule has 0 radical (unpaired) electrons. The first-order valence-corrected chi connectivity index (χ1v) is 11.3. The molecule has 8 nitrogen and oxygen atoms in total. The summed E-state index contributed by atoms with van der Waals surface area (Å²) >= 11 is 1.26. The molecule has 0 spiro atoms. The highest BCUT2D eigenvalue weighted by atomic mass is 32.2. The van der Waals surface area contributed by atoms with E-state index < -0.39 is 5.54 Å². The molecule has 0 aliphatic carbocycles. The molecule has 9 heteroatoms. The van der Waals surface area contributed by atoms with E-state index in [-0.39, 0.29) is 17.6 Å². The smallest absolute Gasteiger partial charge is 0.231 e. The fourth-order valence-corrected chi connectivity index (χ4v) is 3.65. The molecule has 166 valence electrons. The lowest BCUT2D eigenvalue weighted by Gasteiger charge is -2.27. The summed E-state index contributed by atoms with van der Waals surface area (Å²) in [5, 5.41) is 21.5. The number of hydrogen-bond donors (Lipinski definition) is 1.